The van der Waals surface area contributed by atoms with E-state index in [-0.39, 0.29) is 18.1 Å². The number of hydrogen-bond donors (Lipinski definition) is 1. The summed E-state index contributed by atoms with van der Waals surface area (Å²) in [6, 6.07) is 13.7. The normalized spacial score (nSPS) is 13.0. The van der Waals surface area contributed by atoms with Crippen LogP contribution in [0, 0.1) is 0 Å². The fraction of sp³-hybridized carbons (Fsp3) is 0.310. The molecule has 3 heterocycles. The smallest absolute Gasteiger partial charge is 0.296 e. The lowest BCUT2D eigenvalue weighted by Gasteiger charge is -2.22. The number of aliphatic imine (C=N–C) groups is 1. The van der Waals surface area contributed by atoms with Crippen molar-refractivity contribution in [3.63, 3.8) is 0 Å². The number of benzene rings is 2. The fourth-order valence-electron chi connectivity index (χ4n) is 4.90. The van der Waals surface area contributed by atoms with Crippen LogP contribution < -0.4 is 16.1 Å². The molecule has 1 aliphatic rings. The molecule has 0 saturated carbocycles. The third-order valence-corrected chi connectivity index (χ3v) is 6.87. The predicted octanol–water partition coefficient (Wildman–Crippen LogP) is 3.01. The van der Waals surface area contributed by atoms with E-state index in [9.17, 15) is 9.59 Å². The van der Waals surface area contributed by atoms with E-state index in [0.717, 1.165) is 53.7 Å². The summed E-state index contributed by atoms with van der Waals surface area (Å²) >= 11 is 0. The van der Waals surface area contributed by atoms with Crippen LogP contribution in [-0.4, -0.2) is 49.3 Å². The minimum absolute atomic E-state index is 0.0199. The molecule has 0 saturated heterocycles. The number of pyridine rings is 1. The number of fused-ring (bicyclic) bond motifs is 2. The summed E-state index contributed by atoms with van der Waals surface area (Å²) in [6.07, 6.45) is 7.26. The van der Waals surface area contributed by atoms with Crippen molar-refractivity contribution in [2.24, 2.45) is 17.8 Å². The summed E-state index contributed by atoms with van der Waals surface area (Å²) in [5.41, 5.74) is 10.3. The van der Waals surface area contributed by atoms with Gasteiger partial charge < -0.3 is 10.6 Å². The van der Waals surface area contributed by atoms with Crippen LogP contribution in [0.15, 0.2) is 70.3 Å². The molecule has 0 spiro atoms. The highest BCUT2D eigenvalue weighted by Crippen LogP contribution is 2.33. The highest BCUT2D eigenvalue weighted by molar-refractivity contribution is 6.05. The quantitative estimate of drug-likeness (QED) is 0.355. The van der Waals surface area contributed by atoms with Crippen LogP contribution >= 0.6 is 0 Å². The molecule has 39 heavy (non-hydrogen) atoms. The molecule has 2 aromatic carbocycles. The van der Waals surface area contributed by atoms with Crippen molar-refractivity contribution in [2.45, 2.75) is 39.8 Å². The number of nitrogens with zero attached hydrogens (tertiary/aromatic N) is 7. The zero-order valence-corrected chi connectivity index (χ0v) is 22.5. The van der Waals surface area contributed by atoms with Crippen LogP contribution in [0.3, 0.4) is 0 Å². The van der Waals surface area contributed by atoms with Gasteiger partial charge in [-0.1, -0.05) is 36.8 Å². The van der Waals surface area contributed by atoms with Gasteiger partial charge in [-0.15, -0.1) is 0 Å². The van der Waals surface area contributed by atoms with Gasteiger partial charge in [0.25, 0.3) is 11.9 Å². The first-order valence-electron chi connectivity index (χ1n) is 13.2. The lowest BCUT2D eigenvalue weighted by molar-refractivity contribution is -0.809. The molecule has 0 bridgehead atoms. The zero-order valence-electron chi connectivity index (χ0n) is 22.5. The van der Waals surface area contributed by atoms with Crippen molar-refractivity contribution in [1.29, 1.82) is 0 Å². The lowest BCUT2D eigenvalue weighted by atomic mass is 9.99. The van der Waals surface area contributed by atoms with Crippen molar-refractivity contribution >= 4 is 34.3 Å². The van der Waals surface area contributed by atoms with Gasteiger partial charge in [-0.25, -0.2) is 4.99 Å². The summed E-state index contributed by atoms with van der Waals surface area (Å²) in [5.74, 6) is 0.435. The topological polar surface area (TPSA) is 115 Å². The second-order valence-electron chi connectivity index (χ2n) is 9.76. The number of amides is 1. The molecule has 4 aromatic rings. The molecule has 0 radical (unpaired) electrons. The van der Waals surface area contributed by atoms with Crippen LogP contribution in [0.2, 0.25) is 0 Å². The Hall–Kier alpha value is -4.60. The van der Waals surface area contributed by atoms with Crippen LogP contribution in [0.25, 0.3) is 28.0 Å². The van der Waals surface area contributed by atoms with E-state index < -0.39 is 0 Å². The number of aryl methyl sites for hydroxylation is 1. The maximum atomic E-state index is 13.3. The summed E-state index contributed by atoms with van der Waals surface area (Å²) in [4.78, 5) is 36.1. The molecule has 0 aliphatic carbocycles. The maximum absolute atomic E-state index is 13.3. The number of amidine groups is 1. The molecular weight excluding hydrogens is 492 g/mol. The minimum atomic E-state index is -0.101. The largest absolute Gasteiger partial charge is 0.387 e. The van der Waals surface area contributed by atoms with E-state index in [1.165, 1.54) is 6.33 Å². The van der Waals surface area contributed by atoms with E-state index in [2.05, 4.69) is 29.0 Å². The molecule has 1 amide bonds. The Morgan fingerprint density at radius 2 is 1.82 bits per heavy atom. The summed E-state index contributed by atoms with van der Waals surface area (Å²) in [7, 11) is 1.77. The minimum Gasteiger partial charge on any atom is -0.387 e. The number of rotatable bonds is 8. The van der Waals surface area contributed by atoms with E-state index >= 15 is 0 Å². The molecule has 0 atom stereocenters. The van der Waals surface area contributed by atoms with E-state index in [4.69, 9.17) is 5.73 Å². The molecule has 1 aliphatic heterocycles. The van der Waals surface area contributed by atoms with Crippen LogP contribution in [-0.2, 0) is 18.5 Å². The zero-order chi connectivity index (χ0) is 27.5. The summed E-state index contributed by atoms with van der Waals surface area (Å²) < 4.78 is 1.60. The number of carbonyl (C=O) groups excluding carboxylic acids is 1. The van der Waals surface area contributed by atoms with Crippen molar-refractivity contribution in [3.8, 4) is 11.1 Å². The number of aromatic nitrogens is 5. The summed E-state index contributed by atoms with van der Waals surface area (Å²) in [5, 5.41) is 9.64. The second kappa shape index (κ2) is 11.0. The Morgan fingerprint density at radius 1 is 1.08 bits per heavy atom. The Morgan fingerprint density at radius 3 is 2.54 bits per heavy atom. The predicted molar refractivity (Wildman–Crippen MR) is 151 cm³/mol. The third-order valence-electron chi connectivity index (χ3n) is 6.87. The molecular formula is C29H33N8O2+. The molecule has 5 rings (SSSR count). The Bertz CT molecular complexity index is 1660. The molecule has 2 aromatic heterocycles. The van der Waals surface area contributed by atoms with Gasteiger partial charge in [0, 0.05) is 42.2 Å². The van der Waals surface area contributed by atoms with Crippen molar-refractivity contribution in [1.82, 2.24) is 24.5 Å². The van der Waals surface area contributed by atoms with Gasteiger partial charge in [0.15, 0.2) is 6.67 Å². The third kappa shape index (κ3) is 5.36. The van der Waals surface area contributed by atoms with Crippen LogP contribution in [0.1, 0.15) is 38.7 Å². The molecule has 0 unspecified atom stereocenters. The first-order valence-corrected chi connectivity index (χ1v) is 13.2. The van der Waals surface area contributed by atoms with Gasteiger partial charge >= 0.3 is 0 Å². The van der Waals surface area contributed by atoms with Crippen molar-refractivity contribution in [2.75, 3.05) is 13.1 Å². The number of nitrogens with two attached hydrogens (primary N) is 1. The van der Waals surface area contributed by atoms with Crippen LogP contribution in [0.4, 0.5) is 5.69 Å². The molecule has 10 heteroatoms. The number of tetrazole rings is 1. The first kappa shape index (κ1) is 26.0. The lowest BCUT2D eigenvalue weighted by Crippen LogP contribution is -2.44. The molecule has 10 nitrogen and oxygen atoms in total. The SMILES string of the molecule is CCCN(CCC)C(=O)C1=Cc2ccc(-c3ccc4c(=O)n(Cn5ncn[n+]5C)ccc4c3)cc2N=C(N)C1. The highest BCUT2D eigenvalue weighted by Gasteiger charge is 2.21. The van der Waals surface area contributed by atoms with Gasteiger partial charge in [0.2, 0.25) is 5.91 Å². The number of carbonyl (C=O) groups is 1. The Kier molecular flexibility index (Phi) is 7.36. The van der Waals surface area contributed by atoms with E-state index in [0.29, 0.717) is 23.2 Å². The standard InChI is InChI=1S/C29H32N8O2/c1-4-11-35(12-5-2)28(38)24-15-23-7-6-21(16-26(23)33-27(30)17-24)20-8-9-25-22(14-20)10-13-36(29(25)39)19-37-32-18-31-34(37)3/h6-10,13-16,18H,4-5,11-12,17,19H2,1-3H3,(H-,30,33,38)/p+1. The van der Waals surface area contributed by atoms with Gasteiger partial charge in [-0.05, 0) is 69.6 Å². The van der Waals surface area contributed by atoms with Gasteiger partial charge in [-0.3, -0.25) is 14.2 Å². The van der Waals surface area contributed by atoms with Gasteiger partial charge in [-0.2, -0.15) is 0 Å². The molecule has 200 valence electrons. The van der Waals surface area contributed by atoms with Gasteiger partial charge in [0.05, 0.1) is 10.8 Å². The van der Waals surface area contributed by atoms with E-state index in [1.54, 1.807) is 27.4 Å². The average Bonchev–Trinajstić information content (AvgIpc) is 3.25. The first-order chi connectivity index (χ1) is 18.9. The fourth-order valence-corrected chi connectivity index (χ4v) is 4.90. The van der Waals surface area contributed by atoms with E-state index in [1.807, 2.05) is 53.4 Å². The molecule has 0 fully saturated rings. The average molecular weight is 526 g/mol. The van der Waals surface area contributed by atoms with Crippen LogP contribution in [0.5, 0.6) is 0 Å². The highest BCUT2D eigenvalue weighted by atomic mass is 16.2. The Balaban J connectivity index is 1.46. The number of hydrogen-bond acceptors (Lipinski definition) is 6. The Labute approximate surface area is 226 Å². The summed E-state index contributed by atoms with van der Waals surface area (Å²) in [6.45, 7) is 5.86. The molecule has 2 N–H and O–H groups in total. The van der Waals surface area contributed by atoms with Gasteiger partial charge in [0.1, 0.15) is 12.9 Å². The monoisotopic (exact) mass is 525 g/mol. The van der Waals surface area contributed by atoms with Crippen molar-refractivity contribution < 1.29 is 9.59 Å². The second-order valence-corrected chi connectivity index (χ2v) is 9.76. The maximum Gasteiger partial charge on any atom is 0.296 e. The van der Waals surface area contributed by atoms with Crippen molar-refractivity contribution in [3.05, 3.63) is 76.5 Å².